The van der Waals surface area contributed by atoms with Gasteiger partial charge in [0.15, 0.2) is 0 Å². The molecule has 1 aliphatic carbocycles. The first-order valence-corrected chi connectivity index (χ1v) is 13.4. The summed E-state index contributed by atoms with van der Waals surface area (Å²) in [5.74, 6) is -0.530. The van der Waals surface area contributed by atoms with Crippen molar-refractivity contribution in [3.05, 3.63) is 35.0 Å². The zero-order chi connectivity index (χ0) is 23.9. The molecule has 2 saturated heterocycles. The summed E-state index contributed by atoms with van der Waals surface area (Å²) in [7, 11) is 0. The van der Waals surface area contributed by atoms with Gasteiger partial charge in [-0.25, -0.2) is 0 Å². The van der Waals surface area contributed by atoms with Crippen LogP contribution in [0.5, 0.6) is 0 Å². The number of nitrogens with one attached hydrogen (secondary N) is 3. The number of likely N-dealkylation sites (tertiary alicyclic amines) is 1. The third kappa shape index (κ3) is 4.40. The maximum Gasteiger partial charge on any atom is 0.274 e. The monoisotopic (exact) mass is 501 g/mol. The number of aromatic amines is 1. The lowest BCUT2D eigenvalue weighted by Gasteiger charge is -2.37. The minimum Gasteiger partial charge on any atom is -0.596 e. The van der Waals surface area contributed by atoms with Crippen LogP contribution in [0.15, 0.2) is 24.3 Å². The van der Waals surface area contributed by atoms with Crippen molar-refractivity contribution in [2.24, 2.45) is 11.3 Å². The molecule has 3 fully saturated rings. The molecule has 3 N–H and O–H groups in total. The van der Waals surface area contributed by atoms with Crippen LogP contribution in [0.3, 0.4) is 0 Å². The molecule has 0 radical (unpaired) electrons. The summed E-state index contributed by atoms with van der Waals surface area (Å²) in [5.41, 5.74) is 1.18. The summed E-state index contributed by atoms with van der Waals surface area (Å²) < 4.78 is 16.4. The molecule has 4 atom stereocenters. The summed E-state index contributed by atoms with van der Waals surface area (Å²) in [6.07, 6.45) is 5.66. The van der Waals surface area contributed by atoms with E-state index in [4.69, 9.17) is 11.6 Å². The van der Waals surface area contributed by atoms with Gasteiger partial charge in [-0.15, -0.1) is 4.72 Å². The van der Waals surface area contributed by atoms with Gasteiger partial charge in [-0.05, 0) is 55.7 Å². The van der Waals surface area contributed by atoms with E-state index in [2.05, 4.69) is 21.1 Å². The molecular weight excluding hydrogens is 474 g/mol. The van der Waals surface area contributed by atoms with E-state index in [-0.39, 0.29) is 23.1 Å². The van der Waals surface area contributed by atoms with Gasteiger partial charge in [0, 0.05) is 41.4 Å². The Labute approximate surface area is 206 Å². The second kappa shape index (κ2) is 9.42. The third-order valence-electron chi connectivity index (χ3n) is 7.56. The second-order valence-corrected chi connectivity index (χ2v) is 11.6. The van der Waals surface area contributed by atoms with Gasteiger partial charge in [-0.2, -0.15) is 5.26 Å². The number of carbonyl (C=O) groups excluding carboxylic acids is 2. The quantitative estimate of drug-likeness (QED) is 0.524. The molecule has 2 amide bonds. The molecule has 8 nitrogen and oxygen atoms in total. The van der Waals surface area contributed by atoms with Crippen LogP contribution in [0.1, 0.15) is 55.4 Å². The Hall–Kier alpha value is -2.25. The number of hydrogen-bond donors (Lipinski definition) is 3. The number of fused-ring (bicyclic) bond motifs is 1. The van der Waals surface area contributed by atoms with Crippen molar-refractivity contribution in [2.45, 2.75) is 56.4 Å². The standard InChI is InChI=1S/C24H28ClN5O3S/c25-18-5-1-6-19-17(18)11-20(28-19)23(32)30-14-24(7-3-8-24)12-21(30)34(33)29-16(13-26)10-15-4-2-9-27-22(15)31/h1,5-6,11,15-16,21,28-29H,2-4,7-10,12,14H2,(H,27,31)/t15-,16-,21?,34?/m0/s1. The largest absolute Gasteiger partial charge is 0.596 e. The average Bonchev–Trinajstić information content (AvgIpc) is 3.43. The molecule has 1 saturated carbocycles. The number of nitrogens with zero attached hydrogens (tertiary/aromatic N) is 2. The van der Waals surface area contributed by atoms with E-state index in [1.165, 1.54) is 0 Å². The van der Waals surface area contributed by atoms with Crippen LogP contribution < -0.4 is 10.0 Å². The van der Waals surface area contributed by atoms with E-state index in [0.29, 0.717) is 36.6 Å². The second-order valence-electron chi connectivity index (χ2n) is 9.79. The number of hydrogen-bond acceptors (Lipinski definition) is 5. The van der Waals surface area contributed by atoms with Crippen LogP contribution in [0.25, 0.3) is 10.9 Å². The molecule has 1 aromatic carbocycles. The van der Waals surface area contributed by atoms with E-state index < -0.39 is 22.8 Å². The first-order valence-electron chi connectivity index (χ1n) is 11.8. The summed E-state index contributed by atoms with van der Waals surface area (Å²) >= 11 is 4.65. The Bertz CT molecular complexity index is 1140. The number of aromatic nitrogens is 1. The molecule has 10 heteroatoms. The number of amides is 2. The number of carbonyl (C=O) groups is 2. The Balaban J connectivity index is 1.34. The predicted octanol–water partition coefficient (Wildman–Crippen LogP) is 3.23. The molecule has 34 heavy (non-hydrogen) atoms. The SMILES string of the molecule is N#C[C@H](C[C@@H]1CCCNC1=O)N[S+]([O-])C1CC2(CCC2)CN1C(=O)c1cc2c(Cl)cccc2[nH]1. The summed E-state index contributed by atoms with van der Waals surface area (Å²) in [6, 6.07) is 8.66. The number of nitriles is 1. The van der Waals surface area contributed by atoms with Crippen molar-refractivity contribution >= 4 is 45.7 Å². The van der Waals surface area contributed by atoms with E-state index >= 15 is 0 Å². The van der Waals surface area contributed by atoms with Gasteiger partial charge in [0.1, 0.15) is 11.7 Å². The fourth-order valence-electron chi connectivity index (χ4n) is 5.52. The molecule has 1 aromatic heterocycles. The maximum absolute atomic E-state index is 13.6. The predicted molar refractivity (Wildman–Crippen MR) is 130 cm³/mol. The van der Waals surface area contributed by atoms with E-state index in [9.17, 15) is 19.4 Å². The first kappa shape index (κ1) is 23.5. The number of halogens is 1. The van der Waals surface area contributed by atoms with Crippen LogP contribution in [-0.4, -0.2) is 50.8 Å². The zero-order valence-corrected chi connectivity index (χ0v) is 20.4. The molecule has 180 valence electrons. The van der Waals surface area contributed by atoms with Gasteiger partial charge in [0.05, 0.1) is 17.4 Å². The number of rotatable bonds is 6. The molecule has 3 heterocycles. The van der Waals surface area contributed by atoms with Crippen LogP contribution in [0.4, 0.5) is 0 Å². The molecule has 2 unspecified atom stereocenters. The zero-order valence-electron chi connectivity index (χ0n) is 18.8. The highest BCUT2D eigenvalue weighted by Crippen LogP contribution is 2.51. The summed E-state index contributed by atoms with van der Waals surface area (Å²) in [5, 5.41) is 13.3. The first-order chi connectivity index (χ1) is 16.4. The Morgan fingerprint density at radius 1 is 1.41 bits per heavy atom. The van der Waals surface area contributed by atoms with Crippen molar-refractivity contribution in [1.29, 1.82) is 5.26 Å². The summed E-state index contributed by atoms with van der Waals surface area (Å²) in [6.45, 7) is 1.21. The minimum atomic E-state index is -1.64. The van der Waals surface area contributed by atoms with Crippen molar-refractivity contribution < 1.29 is 14.1 Å². The summed E-state index contributed by atoms with van der Waals surface area (Å²) in [4.78, 5) is 30.5. The normalized spacial score (nSPS) is 25.6. The molecule has 3 aliphatic rings. The molecule has 1 spiro atoms. The van der Waals surface area contributed by atoms with Crippen molar-refractivity contribution in [3.63, 3.8) is 0 Å². The maximum atomic E-state index is 13.6. The van der Waals surface area contributed by atoms with Crippen LogP contribution in [-0.2, 0) is 16.2 Å². The van der Waals surface area contributed by atoms with Gasteiger partial charge in [0.2, 0.25) is 11.3 Å². The average molecular weight is 502 g/mol. The Morgan fingerprint density at radius 3 is 2.91 bits per heavy atom. The van der Waals surface area contributed by atoms with E-state index in [1.54, 1.807) is 17.0 Å². The van der Waals surface area contributed by atoms with Gasteiger partial charge < -0.3 is 14.9 Å². The lowest BCUT2D eigenvalue weighted by molar-refractivity contribution is -0.126. The smallest absolute Gasteiger partial charge is 0.274 e. The Morgan fingerprint density at radius 2 is 2.24 bits per heavy atom. The lowest BCUT2D eigenvalue weighted by Crippen LogP contribution is -2.49. The molecule has 0 bridgehead atoms. The fraction of sp³-hybridized carbons (Fsp3) is 0.542. The third-order valence-corrected chi connectivity index (χ3v) is 9.32. The van der Waals surface area contributed by atoms with E-state index in [0.717, 1.165) is 43.0 Å². The van der Waals surface area contributed by atoms with Crippen molar-refractivity contribution in [2.75, 3.05) is 13.1 Å². The fourth-order valence-corrected chi connectivity index (χ4v) is 7.24. The lowest BCUT2D eigenvalue weighted by atomic mass is 9.68. The molecular formula is C24H28ClN5O3S. The highest BCUT2D eigenvalue weighted by atomic mass is 35.5. The minimum absolute atomic E-state index is 0.00722. The molecule has 5 rings (SSSR count). The van der Waals surface area contributed by atoms with Gasteiger partial charge >= 0.3 is 0 Å². The highest BCUT2D eigenvalue weighted by molar-refractivity contribution is 7.90. The number of piperidine rings is 1. The molecule has 2 aromatic rings. The van der Waals surface area contributed by atoms with Gasteiger partial charge in [-0.1, -0.05) is 24.1 Å². The van der Waals surface area contributed by atoms with Crippen LogP contribution in [0.2, 0.25) is 5.02 Å². The van der Waals surface area contributed by atoms with Gasteiger partial charge in [0.25, 0.3) is 5.91 Å². The number of benzene rings is 1. The van der Waals surface area contributed by atoms with E-state index in [1.807, 2.05) is 12.1 Å². The van der Waals surface area contributed by atoms with Gasteiger partial charge in [-0.3, -0.25) is 14.5 Å². The highest BCUT2D eigenvalue weighted by Gasteiger charge is 2.54. The molecule has 2 aliphatic heterocycles. The van der Waals surface area contributed by atoms with Crippen molar-refractivity contribution in [3.8, 4) is 6.07 Å². The van der Waals surface area contributed by atoms with Crippen molar-refractivity contribution in [1.82, 2.24) is 19.9 Å². The topological polar surface area (TPSA) is 124 Å². The van der Waals surface area contributed by atoms with Crippen LogP contribution in [0, 0.1) is 22.7 Å². The van der Waals surface area contributed by atoms with Crippen LogP contribution >= 0.6 is 11.6 Å². The Kier molecular flexibility index (Phi) is 6.51. The number of H-pyrrole nitrogens is 1.